The second-order valence-electron chi connectivity index (χ2n) is 4.58. The van der Waals surface area contributed by atoms with Crippen molar-refractivity contribution in [1.82, 2.24) is 0 Å². The molecule has 0 aliphatic heterocycles. The van der Waals surface area contributed by atoms with E-state index in [2.05, 4.69) is 31.2 Å². The highest BCUT2D eigenvalue weighted by Gasteiger charge is 1.94. The van der Waals surface area contributed by atoms with Crippen LogP contribution in [0.15, 0.2) is 24.3 Å². The van der Waals surface area contributed by atoms with Gasteiger partial charge in [0.05, 0.1) is 0 Å². The molecule has 16 heavy (non-hydrogen) atoms. The summed E-state index contributed by atoms with van der Waals surface area (Å²) in [5.41, 5.74) is 2.80. The topological polar surface area (TPSA) is 20.2 Å². The van der Waals surface area contributed by atoms with E-state index in [9.17, 15) is 0 Å². The van der Waals surface area contributed by atoms with Gasteiger partial charge in [0.15, 0.2) is 0 Å². The van der Waals surface area contributed by atoms with Crippen LogP contribution in [-0.4, -0.2) is 11.7 Å². The lowest BCUT2D eigenvalue weighted by Crippen LogP contribution is -1.87. The standard InChI is InChI=1S/C15H24O/c1-14-9-11-15(12-10-14)8-6-4-2-3-5-7-13-16/h9-12,16H,2-8,13H2,1H3. The van der Waals surface area contributed by atoms with Crippen LogP contribution >= 0.6 is 0 Å². The van der Waals surface area contributed by atoms with E-state index in [1.54, 1.807) is 0 Å². The van der Waals surface area contributed by atoms with Gasteiger partial charge in [-0.25, -0.2) is 0 Å². The normalized spacial score (nSPS) is 10.6. The minimum Gasteiger partial charge on any atom is -0.396 e. The molecule has 0 unspecified atom stereocenters. The average Bonchev–Trinajstić information content (AvgIpc) is 2.30. The molecule has 0 atom stereocenters. The van der Waals surface area contributed by atoms with Gasteiger partial charge in [-0.1, -0.05) is 55.5 Å². The molecule has 0 bridgehead atoms. The summed E-state index contributed by atoms with van der Waals surface area (Å²) in [6.07, 6.45) is 8.56. The summed E-state index contributed by atoms with van der Waals surface area (Å²) in [7, 11) is 0. The summed E-state index contributed by atoms with van der Waals surface area (Å²) in [4.78, 5) is 0. The van der Waals surface area contributed by atoms with Gasteiger partial charge in [0.2, 0.25) is 0 Å². The maximum absolute atomic E-state index is 8.64. The predicted molar refractivity (Wildman–Crippen MR) is 69.7 cm³/mol. The van der Waals surface area contributed by atoms with Gasteiger partial charge in [-0.05, 0) is 31.7 Å². The molecule has 1 aromatic rings. The number of unbranched alkanes of at least 4 members (excludes halogenated alkanes) is 5. The maximum Gasteiger partial charge on any atom is 0.0431 e. The van der Waals surface area contributed by atoms with Gasteiger partial charge in [0.25, 0.3) is 0 Å². The second-order valence-corrected chi connectivity index (χ2v) is 4.58. The third-order valence-electron chi connectivity index (χ3n) is 2.99. The Labute approximate surface area is 99.5 Å². The first kappa shape index (κ1) is 13.2. The number of aliphatic hydroxyl groups excluding tert-OH is 1. The Kier molecular flexibility index (Phi) is 6.91. The highest BCUT2D eigenvalue weighted by Crippen LogP contribution is 2.10. The van der Waals surface area contributed by atoms with Crippen molar-refractivity contribution in [3.8, 4) is 0 Å². The van der Waals surface area contributed by atoms with Gasteiger partial charge in [0, 0.05) is 6.61 Å². The first-order chi connectivity index (χ1) is 7.83. The van der Waals surface area contributed by atoms with E-state index in [-0.39, 0.29) is 0 Å². The summed E-state index contributed by atoms with van der Waals surface area (Å²) < 4.78 is 0. The van der Waals surface area contributed by atoms with Crippen molar-refractivity contribution in [2.24, 2.45) is 0 Å². The van der Waals surface area contributed by atoms with E-state index in [1.807, 2.05) is 0 Å². The molecule has 1 aromatic carbocycles. The maximum atomic E-state index is 8.64. The van der Waals surface area contributed by atoms with Crippen molar-refractivity contribution < 1.29 is 5.11 Å². The minimum atomic E-state index is 0.351. The fraction of sp³-hybridized carbons (Fsp3) is 0.600. The smallest absolute Gasteiger partial charge is 0.0431 e. The Hall–Kier alpha value is -0.820. The van der Waals surface area contributed by atoms with Crippen LogP contribution in [0.3, 0.4) is 0 Å². The zero-order valence-electron chi connectivity index (χ0n) is 10.4. The van der Waals surface area contributed by atoms with Crippen molar-refractivity contribution in [2.45, 2.75) is 51.9 Å². The van der Waals surface area contributed by atoms with Crippen LogP contribution in [0, 0.1) is 6.92 Å². The van der Waals surface area contributed by atoms with Crippen molar-refractivity contribution in [3.63, 3.8) is 0 Å². The highest BCUT2D eigenvalue weighted by atomic mass is 16.2. The third-order valence-corrected chi connectivity index (χ3v) is 2.99. The van der Waals surface area contributed by atoms with E-state index >= 15 is 0 Å². The Morgan fingerprint density at radius 2 is 1.38 bits per heavy atom. The molecule has 1 N–H and O–H groups in total. The Balaban J connectivity index is 2.01. The Morgan fingerprint density at radius 3 is 2.00 bits per heavy atom. The fourth-order valence-corrected chi connectivity index (χ4v) is 1.90. The molecule has 90 valence electrons. The molecule has 0 fully saturated rings. The van der Waals surface area contributed by atoms with Crippen LogP contribution in [0.1, 0.15) is 49.7 Å². The lowest BCUT2D eigenvalue weighted by molar-refractivity contribution is 0.282. The number of rotatable bonds is 8. The number of hydrogen-bond acceptors (Lipinski definition) is 1. The van der Waals surface area contributed by atoms with Crippen LogP contribution in [-0.2, 0) is 6.42 Å². The van der Waals surface area contributed by atoms with Crippen LogP contribution in [0.25, 0.3) is 0 Å². The molecule has 0 saturated carbocycles. The Morgan fingerprint density at radius 1 is 0.812 bits per heavy atom. The van der Waals surface area contributed by atoms with E-state index in [1.165, 1.54) is 49.7 Å². The lowest BCUT2D eigenvalue weighted by atomic mass is 10.0. The van der Waals surface area contributed by atoms with Crippen molar-refractivity contribution in [2.75, 3.05) is 6.61 Å². The molecule has 1 nitrogen and oxygen atoms in total. The summed E-state index contributed by atoms with van der Waals surface area (Å²) >= 11 is 0. The number of benzene rings is 1. The largest absolute Gasteiger partial charge is 0.396 e. The molecular formula is C15H24O. The molecule has 0 aliphatic carbocycles. The highest BCUT2D eigenvalue weighted by molar-refractivity contribution is 5.21. The van der Waals surface area contributed by atoms with Gasteiger partial charge in [-0.3, -0.25) is 0 Å². The molecule has 0 heterocycles. The fourth-order valence-electron chi connectivity index (χ4n) is 1.90. The molecule has 1 heteroatoms. The van der Waals surface area contributed by atoms with Crippen molar-refractivity contribution in [1.29, 1.82) is 0 Å². The summed E-state index contributed by atoms with van der Waals surface area (Å²) in [5.74, 6) is 0. The SMILES string of the molecule is Cc1ccc(CCCCCCCCO)cc1. The van der Waals surface area contributed by atoms with Crippen LogP contribution in [0.5, 0.6) is 0 Å². The van der Waals surface area contributed by atoms with E-state index in [4.69, 9.17) is 5.11 Å². The molecule has 0 amide bonds. The third kappa shape index (κ3) is 5.92. The zero-order valence-corrected chi connectivity index (χ0v) is 10.4. The van der Waals surface area contributed by atoms with Gasteiger partial charge in [-0.15, -0.1) is 0 Å². The Bertz CT molecular complexity index is 263. The van der Waals surface area contributed by atoms with Crippen molar-refractivity contribution in [3.05, 3.63) is 35.4 Å². The first-order valence-corrected chi connectivity index (χ1v) is 6.49. The molecule has 0 radical (unpaired) electrons. The summed E-state index contributed by atoms with van der Waals surface area (Å²) in [6, 6.07) is 8.86. The number of aryl methyl sites for hydroxylation is 2. The minimum absolute atomic E-state index is 0.351. The van der Waals surface area contributed by atoms with Gasteiger partial charge < -0.3 is 5.11 Å². The molecule has 0 spiro atoms. The molecule has 1 rings (SSSR count). The van der Waals surface area contributed by atoms with E-state index in [0.717, 1.165) is 6.42 Å². The van der Waals surface area contributed by atoms with Crippen LogP contribution in [0.4, 0.5) is 0 Å². The monoisotopic (exact) mass is 220 g/mol. The van der Waals surface area contributed by atoms with E-state index < -0.39 is 0 Å². The van der Waals surface area contributed by atoms with Crippen molar-refractivity contribution >= 4 is 0 Å². The lowest BCUT2D eigenvalue weighted by Gasteiger charge is -2.02. The van der Waals surface area contributed by atoms with Crippen LogP contribution < -0.4 is 0 Å². The molecule has 0 saturated heterocycles. The zero-order chi connectivity index (χ0) is 11.6. The first-order valence-electron chi connectivity index (χ1n) is 6.49. The van der Waals surface area contributed by atoms with Gasteiger partial charge in [0.1, 0.15) is 0 Å². The average molecular weight is 220 g/mol. The predicted octanol–water partition coefficient (Wildman–Crippen LogP) is 3.87. The van der Waals surface area contributed by atoms with Gasteiger partial charge >= 0.3 is 0 Å². The molecular weight excluding hydrogens is 196 g/mol. The second kappa shape index (κ2) is 8.35. The summed E-state index contributed by atoms with van der Waals surface area (Å²) in [6.45, 7) is 2.48. The number of hydrogen-bond donors (Lipinski definition) is 1. The quantitative estimate of drug-likeness (QED) is 0.659. The molecule has 0 aliphatic rings. The van der Waals surface area contributed by atoms with Gasteiger partial charge in [-0.2, -0.15) is 0 Å². The van der Waals surface area contributed by atoms with Crippen LogP contribution in [0.2, 0.25) is 0 Å². The van der Waals surface area contributed by atoms with E-state index in [0.29, 0.717) is 6.61 Å². The summed E-state index contributed by atoms with van der Waals surface area (Å²) in [5, 5.41) is 8.64. The number of aliphatic hydroxyl groups is 1. The molecule has 0 aromatic heterocycles.